The second-order valence-electron chi connectivity index (χ2n) is 4.71. The monoisotopic (exact) mass is 282 g/mol. The maximum absolute atomic E-state index is 6.33. The lowest BCUT2D eigenvalue weighted by Crippen LogP contribution is -1.91. The summed E-state index contributed by atoms with van der Waals surface area (Å²) in [6.07, 6.45) is 5.94. The van der Waals surface area contributed by atoms with Crippen molar-refractivity contribution < 1.29 is 0 Å². The van der Waals surface area contributed by atoms with Crippen LogP contribution >= 0.6 is 24.2 Å². The topological polar surface area (TPSA) is 28.7 Å². The molecule has 0 saturated heterocycles. The minimum absolute atomic E-state index is 0.787. The number of imidazole rings is 1. The number of aromatic nitrogens is 2. The van der Waals surface area contributed by atoms with Crippen molar-refractivity contribution in [3.05, 3.63) is 22.5 Å². The molecule has 0 saturated carbocycles. The van der Waals surface area contributed by atoms with Gasteiger partial charge in [-0.05, 0) is 31.4 Å². The lowest BCUT2D eigenvalue weighted by atomic mass is 10.1. The van der Waals surface area contributed by atoms with Gasteiger partial charge in [0.1, 0.15) is 5.82 Å². The zero-order valence-electron chi connectivity index (χ0n) is 10.9. The molecule has 0 aliphatic rings. The second kappa shape index (κ2) is 5.98. The number of hydrogen-bond donors (Lipinski definition) is 2. The van der Waals surface area contributed by atoms with Crippen molar-refractivity contribution in [2.75, 3.05) is 0 Å². The second-order valence-corrected chi connectivity index (χ2v) is 5.57. The Morgan fingerprint density at radius 1 is 1.33 bits per heavy atom. The highest BCUT2D eigenvalue weighted by Gasteiger charge is 2.12. The number of nitrogens with zero attached hydrogens (tertiary/aromatic N) is 1. The lowest BCUT2D eigenvalue weighted by Gasteiger charge is -2.08. The summed E-state index contributed by atoms with van der Waals surface area (Å²) >= 11 is 10.9. The minimum Gasteiger partial charge on any atom is -0.341 e. The van der Waals surface area contributed by atoms with Crippen molar-refractivity contribution in [3.63, 3.8) is 0 Å². The molecular formula is C14H19ClN2S. The van der Waals surface area contributed by atoms with Gasteiger partial charge >= 0.3 is 0 Å². The average Bonchev–Trinajstić information content (AvgIpc) is 2.69. The predicted octanol–water partition coefficient (Wildman–Crippen LogP) is 4.94. The number of fused-ring (bicyclic) bond motifs is 1. The molecule has 0 radical (unpaired) electrons. The van der Waals surface area contributed by atoms with E-state index in [1.54, 1.807) is 0 Å². The minimum atomic E-state index is 0.787. The number of aromatic amines is 1. The molecule has 0 bridgehead atoms. The molecule has 0 spiro atoms. The Morgan fingerprint density at radius 3 is 2.83 bits per heavy atom. The van der Waals surface area contributed by atoms with Crippen molar-refractivity contribution in [1.29, 1.82) is 0 Å². The fraction of sp³-hybridized carbons (Fsp3) is 0.500. The normalized spacial score (nSPS) is 11.3. The van der Waals surface area contributed by atoms with E-state index in [1.807, 2.05) is 13.0 Å². The Labute approximate surface area is 119 Å². The van der Waals surface area contributed by atoms with E-state index < -0.39 is 0 Å². The smallest absolute Gasteiger partial charge is 0.104 e. The Kier molecular flexibility index (Phi) is 4.57. The first-order valence-corrected chi connectivity index (χ1v) is 7.32. The van der Waals surface area contributed by atoms with Gasteiger partial charge in [-0.15, -0.1) is 12.6 Å². The molecule has 2 nitrogen and oxygen atoms in total. The number of H-pyrrole nitrogens is 1. The summed E-state index contributed by atoms with van der Waals surface area (Å²) in [6.45, 7) is 4.17. The van der Waals surface area contributed by atoms with E-state index in [0.717, 1.165) is 38.8 Å². The van der Waals surface area contributed by atoms with Crippen molar-refractivity contribution in [3.8, 4) is 0 Å². The molecule has 0 atom stereocenters. The quantitative estimate of drug-likeness (QED) is 0.590. The van der Waals surface area contributed by atoms with Gasteiger partial charge in [-0.1, -0.05) is 37.8 Å². The highest BCUT2D eigenvalue weighted by Crippen LogP contribution is 2.32. The Balaban J connectivity index is 2.26. The summed E-state index contributed by atoms with van der Waals surface area (Å²) in [5.41, 5.74) is 3.05. The molecule has 1 heterocycles. The van der Waals surface area contributed by atoms with Crippen LogP contribution < -0.4 is 0 Å². The Morgan fingerprint density at radius 2 is 2.11 bits per heavy atom. The standard InChI is InChI=1S/C14H19ClN2S/c1-3-4-5-6-7-10-11(15)8-12-13(14(10)18)17-9(2)16-12/h8,18H,3-7H2,1-2H3,(H,16,17). The van der Waals surface area contributed by atoms with Gasteiger partial charge in [0.05, 0.1) is 11.0 Å². The van der Waals surface area contributed by atoms with Crippen LogP contribution in [-0.2, 0) is 6.42 Å². The zero-order valence-corrected chi connectivity index (χ0v) is 12.5. The molecule has 0 aliphatic heterocycles. The molecule has 0 aliphatic carbocycles. The van der Waals surface area contributed by atoms with Crippen LogP contribution in [0.5, 0.6) is 0 Å². The van der Waals surface area contributed by atoms with Crippen LogP contribution in [0.1, 0.15) is 44.0 Å². The van der Waals surface area contributed by atoms with E-state index >= 15 is 0 Å². The first kappa shape index (κ1) is 13.8. The van der Waals surface area contributed by atoms with E-state index in [0.29, 0.717) is 0 Å². The number of unbranched alkanes of at least 4 members (excludes halogenated alkanes) is 3. The summed E-state index contributed by atoms with van der Waals surface area (Å²) in [5, 5.41) is 0.787. The van der Waals surface area contributed by atoms with Crippen LogP contribution in [-0.4, -0.2) is 9.97 Å². The Hall–Kier alpha value is -0.670. The predicted molar refractivity (Wildman–Crippen MR) is 80.9 cm³/mol. The van der Waals surface area contributed by atoms with Crippen molar-refractivity contribution >= 4 is 35.3 Å². The number of aryl methyl sites for hydroxylation is 1. The third-order valence-electron chi connectivity index (χ3n) is 3.20. The van der Waals surface area contributed by atoms with E-state index in [-0.39, 0.29) is 0 Å². The van der Waals surface area contributed by atoms with Crippen molar-refractivity contribution in [1.82, 2.24) is 9.97 Å². The molecule has 0 fully saturated rings. The highest BCUT2D eigenvalue weighted by atomic mass is 35.5. The molecular weight excluding hydrogens is 264 g/mol. The summed E-state index contributed by atoms with van der Waals surface area (Å²) in [7, 11) is 0. The van der Waals surface area contributed by atoms with E-state index in [9.17, 15) is 0 Å². The van der Waals surface area contributed by atoms with Gasteiger partial charge < -0.3 is 4.98 Å². The molecule has 1 N–H and O–H groups in total. The lowest BCUT2D eigenvalue weighted by molar-refractivity contribution is 0.664. The van der Waals surface area contributed by atoms with Crippen LogP contribution in [0, 0.1) is 6.92 Å². The maximum atomic E-state index is 6.33. The van der Waals surface area contributed by atoms with Crippen molar-refractivity contribution in [2.24, 2.45) is 0 Å². The summed E-state index contributed by atoms with van der Waals surface area (Å²) < 4.78 is 0. The number of nitrogens with one attached hydrogen (secondary N) is 1. The number of hydrogen-bond acceptors (Lipinski definition) is 2. The van der Waals surface area contributed by atoms with Crippen LogP contribution in [0.4, 0.5) is 0 Å². The van der Waals surface area contributed by atoms with Crippen molar-refractivity contribution in [2.45, 2.75) is 50.8 Å². The molecule has 98 valence electrons. The first-order chi connectivity index (χ1) is 8.63. The molecule has 1 aromatic carbocycles. The van der Waals surface area contributed by atoms with Crippen LogP contribution in [0.15, 0.2) is 11.0 Å². The van der Waals surface area contributed by atoms with Gasteiger partial charge in [-0.3, -0.25) is 0 Å². The number of benzene rings is 1. The molecule has 0 unspecified atom stereocenters. The third-order valence-corrected chi connectivity index (χ3v) is 4.04. The summed E-state index contributed by atoms with van der Waals surface area (Å²) in [5.74, 6) is 0.902. The number of halogens is 1. The van der Waals surface area contributed by atoms with Gasteiger partial charge in [0.25, 0.3) is 0 Å². The van der Waals surface area contributed by atoms with Crippen LogP contribution in [0.3, 0.4) is 0 Å². The summed E-state index contributed by atoms with van der Waals surface area (Å²) in [6, 6.07) is 1.94. The van der Waals surface area contributed by atoms with E-state index in [2.05, 4.69) is 29.5 Å². The fourth-order valence-electron chi connectivity index (χ4n) is 2.23. The molecule has 0 amide bonds. The van der Waals surface area contributed by atoms with Crippen LogP contribution in [0.25, 0.3) is 11.0 Å². The van der Waals surface area contributed by atoms with Crippen LogP contribution in [0.2, 0.25) is 5.02 Å². The first-order valence-electron chi connectivity index (χ1n) is 6.50. The average molecular weight is 283 g/mol. The fourth-order valence-corrected chi connectivity index (χ4v) is 2.99. The van der Waals surface area contributed by atoms with Gasteiger partial charge in [-0.25, -0.2) is 4.98 Å². The van der Waals surface area contributed by atoms with Gasteiger partial charge in [0, 0.05) is 9.92 Å². The zero-order chi connectivity index (χ0) is 13.1. The highest BCUT2D eigenvalue weighted by molar-refractivity contribution is 7.80. The largest absolute Gasteiger partial charge is 0.341 e. The molecule has 2 rings (SSSR count). The molecule has 18 heavy (non-hydrogen) atoms. The number of rotatable bonds is 5. The number of thiol groups is 1. The molecule has 1 aromatic heterocycles. The maximum Gasteiger partial charge on any atom is 0.104 e. The Bertz CT molecular complexity index is 548. The van der Waals surface area contributed by atoms with E-state index in [1.165, 1.54) is 25.7 Å². The molecule has 4 heteroatoms. The summed E-state index contributed by atoms with van der Waals surface area (Å²) in [4.78, 5) is 8.60. The van der Waals surface area contributed by atoms with Gasteiger partial charge in [0.15, 0.2) is 0 Å². The van der Waals surface area contributed by atoms with Gasteiger partial charge in [0.2, 0.25) is 0 Å². The van der Waals surface area contributed by atoms with Gasteiger partial charge in [-0.2, -0.15) is 0 Å². The molecule has 2 aromatic rings. The SMILES string of the molecule is CCCCCCc1c(Cl)cc2nc(C)[nH]c2c1S. The third kappa shape index (κ3) is 2.83. The van der Waals surface area contributed by atoms with E-state index in [4.69, 9.17) is 11.6 Å².